The van der Waals surface area contributed by atoms with Gasteiger partial charge in [0, 0.05) is 5.71 Å². The molecule has 1 aliphatic carbocycles. The van der Waals surface area contributed by atoms with Crippen molar-refractivity contribution in [2.24, 2.45) is 16.3 Å². The average Bonchev–Trinajstić information content (AvgIpc) is 2.73. The van der Waals surface area contributed by atoms with Crippen molar-refractivity contribution in [1.82, 2.24) is 0 Å². The Bertz CT molecular complexity index is 285. The fraction of sp³-hybridized carbons (Fsp3) is 0.750. The maximum absolute atomic E-state index is 4.57. The molecule has 1 nitrogen and oxygen atoms in total. The lowest BCUT2D eigenvalue weighted by Crippen LogP contribution is -2.16. The predicted octanol–water partition coefficient (Wildman–Crippen LogP) is 3.21. The average molecular weight is 177 g/mol. The van der Waals surface area contributed by atoms with Crippen molar-refractivity contribution in [2.75, 3.05) is 6.54 Å². The molecule has 1 aliphatic heterocycles. The summed E-state index contributed by atoms with van der Waals surface area (Å²) < 4.78 is 0. The van der Waals surface area contributed by atoms with E-state index in [2.05, 4.69) is 32.7 Å². The van der Waals surface area contributed by atoms with E-state index in [-0.39, 0.29) is 0 Å². The molecule has 0 atom stereocenters. The molecule has 1 saturated carbocycles. The van der Waals surface area contributed by atoms with Crippen LogP contribution in [0.5, 0.6) is 0 Å². The van der Waals surface area contributed by atoms with E-state index in [1.165, 1.54) is 18.6 Å². The number of nitrogens with zero attached hydrogens (tertiary/aromatic N) is 1. The van der Waals surface area contributed by atoms with Crippen LogP contribution in [0.1, 0.15) is 40.5 Å². The first-order chi connectivity index (χ1) is 6.00. The van der Waals surface area contributed by atoms with Gasteiger partial charge in [-0.3, -0.25) is 4.99 Å². The van der Waals surface area contributed by atoms with Crippen LogP contribution in [0.25, 0.3) is 0 Å². The minimum atomic E-state index is 0.294. The van der Waals surface area contributed by atoms with Gasteiger partial charge in [-0.05, 0) is 42.2 Å². The minimum Gasteiger partial charge on any atom is -0.285 e. The van der Waals surface area contributed by atoms with Crippen LogP contribution in [0, 0.1) is 11.3 Å². The van der Waals surface area contributed by atoms with Gasteiger partial charge in [0.15, 0.2) is 0 Å². The molecule has 0 aromatic heterocycles. The van der Waals surface area contributed by atoms with Crippen LogP contribution in [-0.2, 0) is 0 Å². The number of rotatable bonds is 1. The second kappa shape index (κ2) is 2.70. The molecule has 2 rings (SSSR count). The summed E-state index contributed by atoms with van der Waals surface area (Å²) in [6.45, 7) is 10.1. The summed E-state index contributed by atoms with van der Waals surface area (Å²) in [5, 5.41) is 0. The van der Waals surface area contributed by atoms with E-state index in [4.69, 9.17) is 0 Å². The van der Waals surface area contributed by atoms with E-state index in [0.717, 1.165) is 12.5 Å². The van der Waals surface area contributed by atoms with Gasteiger partial charge in [-0.2, -0.15) is 0 Å². The van der Waals surface area contributed by atoms with Crippen molar-refractivity contribution in [3.8, 4) is 0 Å². The summed E-state index contributed by atoms with van der Waals surface area (Å²) in [4.78, 5) is 4.57. The Morgan fingerprint density at radius 1 is 1.23 bits per heavy atom. The van der Waals surface area contributed by atoms with Crippen LogP contribution >= 0.6 is 0 Å². The monoisotopic (exact) mass is 177 g/mol. The molecule has 0 radical (unpaired) electrons. The smallest absolute Gasteiger partial charge is 0.0612 e. The molecule has 0 amide bonds. The fourth-order valence-electron chi connectivity index (χ4n) is 2.38. The lowest BCUT2D eigenvalue weighted by atomic mass is 9.81. The van der Waals surface area contributed by atoms with Gasteiger partial charge < -0.3 is 0 Å². The van der Waals surface area contributed by atoms with E-state index >= 15 is 0 Å². The van der Waals surface area contributed by atoms with Crippen LogP contribution in [-0.4, -0.2) is 12.3 Å². The highest BCUT2D eigenvalue weighted by atomic mass is 14.8. The van der Waals surface area contributed by atoms with Gasteiger partial charge in [-0.15, -0.1) is 0 Å². The molecule has 0 aromatic rings. The van der Waals surface area contributed by atoms with E-state index in [1.807, 2.05) is 0 Å². The zero-order valence-corrected chi connectivity index (χ0v) is 9.15. The lowest BCUT2D eigenvalue weighted by Gasteiger charge is -2.23. The first kappa shape index (κ1) is 8.98. The van der Waals surface area contributed by atoms with Gasteiger partial charge in [0.2, 0.25) is 0 Å². The van der Waals surface area contributed by atoms with Crippen LogP contribution in [0.2, 0.25) is 0 Å². The topological polar surface area (TPSA) is 12.4 Å². The van der Waals surface area contributed by atoms with Crippen molar-refractivity contribution < 1.29 is 0 Å². The maximum Gasteiger partial charge on any atom is 0.0612 e. The summed E-state index contributed by atoms with van der Waals surface area (Å²) >= 11 is 0. The highest BCUT2D eigenvalue weighted by Crippen LogP contribution is 2.44. The Balaban J connectivity index is 2.36. The largest absolute Gasteiger partial charge is 0.285 e. The summed E-state index contributed by atoms with van der Waals surface area (Å²) in [6, 6.07) is 0. The molecule has 2 aliphatic rings. The summed E-state index contributed by atoms with van der Waals surface area (Å²) in [6.07, 6.45) is 2.80. The van der Waals surface area contributed by atoms with Gasteiger partial charge in [0.25, 0.3) is 0 Å². The molecular weight excluding hydrogens is 158 g/mol. The minimum absolute atomic E-state index is 0.294. The summed E-state index contributed by atoms with van der Waals surface area (Å²) in [5.41, 5.74) is 4.77. The van der Waals surface area contributed by atoms with Gasteiger partial charge >= 0.3 is 0 Å². The second-order valence-corrected chi connectivity index (χ2v) is 5.33. The van der Waals surface area contributed by atoms with Crippen molar-refractivity contribution in [2.45, 2.75) is 40.5 Å². The second-order valence-electron chi connectivity index (χ2n) is 5.33. The van der Waals surface area contributed by atoms with Crippen molar-refractivity contribution >= 4 is 5.71 Å². The molecule has 0 bridgehead atoms. The number of hydrogen-bond acceptors (Lipinski definition) is 1. The summed E-state index contributed by atoms with van der Waals surface area (Å²) in [5.74, 6) is 0.885. The molecular formula is C12H19N. The molecule has 0 aromatic carbocycles. The number of allylic oxidation sites excluding steroid dienone is 1. The number of hydrogen-bond donors (Lipinski definition) is 0. The lowest BCUT2D eigenvalue weighted by molar-refractivity contribution is 0.518. The standard InChI is InChI=1S/C12H19N/c1-8-11(12(2,3)4)10(7-13-8)9-5-6-9/h9H,5-7H2,1-4H3. The molecule has 1 fully saturated rings. The van der Waals surface area contributed by atoms with Gasteiger partial charge in [0.05, 0.1) is 6.54 Å². The van der Waals surface area contributed by atoms with Crippen molar-refractivity contribution in [3.63, 3.8) is 0 Å². The van der Waals surface area contributed by atoms with Gasteiger partial charge in [-0.25, -0.2) is 0 Å². The maximum atomic E-state index is 4.57. The van der Waals surface area contributed by atoms with Gasteiger partial charge in [0.1, 0.15) is 0 Å². The molecule has 0 spiro atoms. The Labute approximate surface area is 80.9 Å². The Morgan fingerprint density at radius 2 is 1.85 bits per heavy atom. The normalized spacial score (nSPS) is 23.8. The van der Waals surface area contributed by atoms with Crippen LogP contribution < -0.4 is 0 Å². The van der Waals surface area contributed by atoms with Gasteiger partial charge in [-0.1, -0.05) is 20.8 Å². The molecule has 0 unspecified atom stereocenters. The highest BCUT2D eigenvalue weighted by molar-refractivity contribution is 6.02. The van der Waals surface area contributed by atoms with Crippen molar-refractivity contribution in [1.29, 1.82) is 0 Å². The first-order valence-electron chi connectivity index (χ1n) is 5.25. The quantitative estimate of drug-likeness (QED) is 0.583. The van der Waals surface area contributed by atoms with Crippen molar-refractivity contribution in [3.05, 3.63) is 11.1 Å². The van der Waals surface area contributed by atoms with Crippen LogP contribution in [0.15, 0.2) is 16.1 Å². The summed E-state index contributed by atoms with van der Waals surface area (Å²) in [7, 11) is 0. The van der Waals surface area contributed by atoms with Crippen LogP contribution in [0.3, 0.4) is 0 Å². The Hall–Kier alpha value is -0.590. The van der Waals surface area contributed by atoms with E-state index < -0.39 is 0 Å². The zero-order chi connectivity index (χ0) is 9.64. The Morgan fingerprint density at radius 3 is 2.31 bits per heavy atom. The third-order valence-corrected chi connectivity index (χ3v) is 2.99. The number of aliphatic imine (C=N–C) groups is 1. The highest BCUT2D eigenvalue weighted by Gasteiger charge is 2.35. The third-order valence-electron chi connectivity index (χ3n) is 2.99. The zero-order valence-electron chi connectivity index (χ0n) is 9.15. The van der Waals surface area contributed by atoms with Crippen LogP contribution in [0.4, 0.5) is 0 Å². The van der Waals surface area contributed by atoms with E-state index in [9.17, 15) is 0 Å². The molecule has 1 heteroatoms. The molecule has 0 N–H and O–H groups in total. The van der Waals surface area contributed by atoms with E-state index in [1.54, 1.807) is 11.1 Å². The SMILES string of the molecule is CC1=NCC(C2CC2)=C1C(C)(C)C. The Kier molecular flexibility index (Phi) is 1.86. The molecule has 1 heterocycles. The fourth-order valence-corrected chi connectivity index (χ4v) is 2.38. The molecule has 72 valence electrons. The predicted molar refractivity (Wildman–Crippen MR) is 57.2 cm³/mol. The molecule has 0 saturated heterocycles. The first-order valence-corrected chi connectivity index (χ1v) is 5.25. The van der Waals surface area contributed by atoms with E-state index in [0.29, 0.717) is 5.41 Å². The third kappa shape index (κ3) is 1.56. The molecule has 13 heavy (non-hydrogen) atoms.